The van der Waals surface area contributed by atoms with Crippen molar-refractivity contribution in [2.45, 2.75) is 13.8 Å². The number of nitrogens with zero attached hydrogens (tertiary/aromatic N) is 2. The fourth-order valence-corrected chi connectivity index (χ4v) is 3.96. The van der Waals surface area contributed by atoms with Crippen molar-refractivity contribution in [2.24, 2.45) is 10.9 Å². The maximum atomic E-state index is 12.7. The monoisotopic (exact) mass is 342 g/mol. The van der Waals surface area contributed by atoms with Crippen molar-refractivity contribution >= 4 is 45.9 Å². The number of amides is 1. The van der Waals surface area contributed by atoms with Gasteiger partial charge in [0.05, 0.1) is 10.6 Å². The maximum Gasteiger partial charge on any atom is 0.266 e. The summed E-state index contributed by atoms with van der Waals surface area (Å²) in [4.78, 5) is 21.0. The summed E-state index contributed by atoms with van der Waals surface area (Å²) in [5.41, 5.74) is 0.869. The van der Waals surface area contributed by atoms with Crippen LogP contribution in [0.4, 0.5) is 5.69 Å². The van der Waals surface area contributed by atoms with Crippen LogP contribution in [0.5, 0.6) is 0 Å². The van der Waals surface area contributed by atoms with Crippen LogP contribution in [-0.4, -0.2) is 22.5 Å². The SMILES string of the molecule is CC(C)CN1C(=O)/C(=C/c2cccs2)SC1=Nc1ccccc1. The number of benzene rings is 1. The van der Waals surface area contributed by atoms with Crippen molar-refractivity contribution in [3.63, 3.8) is 0 Å². The molecule has 1 aliphatic rings. The van der Waals surface area contributed by atoms with Gasteiger partial charge in [-0.3, -0.25) is 9.69 Å². The third-order valence-electron chi connectivity index (χ3n) is 3.23. The number of thiophene rings is 1. The van der Waals surface area contributed by atoms with E-state index < -0.39 is 0 Å². The number of thioether (sulfide) groups is 1. The van der Waals surface area contributed by atoms with Gasteiger partial charge in [0.25, 0.3) is 5.91 Å². The highest BCUT2D eigenvalue weighted by atomic mass is 32.2. The minimum Gasteiger partial charge on any atom is -0.286 e. The average molecular weight is 342 g/mol. The molecule has 3 rings (SSSR count). The highest BCUT2D eigenvalue weighted by Crippen LogP contribution is 2.35. The maximum absolute atomic E-state index is 12.7. The third-order valence-corrected chi connectivity index (χ3v) is 5.06. The van der Waals surface area contributed by atoms with Crippen molar-refractivity contribution in [1.82, 2.24) is 4.90 Å². The van der Waals surface area contributed by atoms with Crippen LogP contribution < -0.4 is 0 Å². The quantitative estimate of drug-likeness (QED) is 0.732. The molecule has 1 saturated heterocycles. The molecule has 1 aromatic heterocycles. The molecule has 0 N–H and O–H groups in total. The Balaban J connectivity index is 1.93. The second-order valence-electron chi connectivity index (χ2n) is 5.67. The Kier molecular flexibility index (Phi) is 4.98. The normalized spacial score (nSPS) is 18.6. The van der Waals surface area contributed by atoms with Crippen LogP contribution in [0.1, 0.15) is 18.7 Å². The van der Waals surface area contributed by atoms with E-state index in [4.69, 9.17) is 0 Å². The van der Waals surface area contributed by atoms with E-state index in [1.165, 1.54) is 11.8 Å². The van der Waals surface area contributed by atoms with Gasteiger partial charge >= 0.3 is 0 Å². The van der Waals surface area contributed by atoms with E-state index in [2.05, 4.69) is 18.8 Å². The molecule has 0 bridgehead atoms. The lowest BCUT2D eigenvalue weighted by atomic mass is 10.2. The van der Waals surface area contributed by atoms with Crippen molar-refractivity contribution in [1.29, 1.82) is 0 Å². The number of para-hydroxylation sites is 1. The molecule has 5 heteroatoms. The number of hydrogen-bond acceptors (Lipinski definition) is 4. The Morgan fingerprint density at radius 3 is 2.61 bits per heavy atom. The lowest BCUT2D eigenvalue weighted by molar-refractivity contribution is -0.122. The van der Waals surface area contributed by atoms with E-state index >= 15 is 0 Å². The van der Waals surface area contributed by atoms with Crippen LogP contribution >= 0.6 is 23.1 Å². The summed E-state index contributed by atoms with van der Waals surface area (Å²) in [6.07, 6.45) is 1.96. The van der Waals surface area contributed by atoms with Crippen molar-refractivity contribution < 1.29 is 4.79 Å². The molecule has 0 unspecified atom stereocenters. The zero-order valence-electron chi connectivity index (χ0n) is 13.1. The molecule has 0 atom stereocenters. The highest BCUT2D eigenvalue weighted by molar-refractivity contribution is 8.18. The molecule has 0 radical (unpaired) electrons. The molecular formula is C18H18N2OS2. The van der Waals surface area contributed by atoms with E-state index in [9.17, 15) is 4.79 Å². The minimum atomic E-state index is 0.0479. The van der Waals surface area contributed by atoms with E-state index in [1.807, 2.05) is 53.9 Å². The van der Waals surface area contributed by atoms with E-state index in [1.54, 1.807) is 16.2 Å². The largest absolute Gasteiger partial charge is 0.286 e. The van der Waals surface area contributed by atoms with E-state index in [0.29, 0.717) is 12.5 Å². The fraction of sp³-hybridized carbons (Fsp3) is 0.222. The van der Waals surface area contributed by atoms with Crippen molar-refractivity contribution in [3.8, 4) is 0 Å². The predicted molar refractivity (Wildman–Crippen MR) is 100.0 cm³/mol. The number of rotatable bonds is 4. The van der Waals surface area contributed by atoms with Gasteiger partial charge in [-0.2, -0.15) is 0 Å². The van der Waals surface area contributed by atoms with Crippen LogP contribution in [0.2, 0.25) is 0 Å². The van der Waals surface area contributed by atoms with Gasteiger partial charge < -0.3 is 0 Å². The molecule has 1 aromatic carbocycles. The highest BCUT2D eigenvalue weighted by Gasteiger charge is 2.33. The van der Waals surface area contributed by atoms with Crippen LogP contribution in [0.25, 0.3) is 6.08 Å². The molecule has 2 aromatic rings. The number of amidine groups is 1. The third kappa shape index (κ3) is 3.92. The van der Waals surface area contributed by atoms with Gasteiger partial charge in [0.15, 0.2) is 5.17 Å². The first kappa shape index (κ1) is 16.0. The molecule has 0 aliphatic carbocycles. The van der Waals surface area contributed by atoms with Gasteiger partial charge in [-0.15, -0.1) is 11.3 Å². The van der Waals surface area contributed by atoms with Gasteiger partial charge in [-0.05, 0) is 47.3 Å². The van der Waals surface area contributed by atoms with E-state index in [0.717, 1.165) is 20.6 Å². The van der Waals surface area contributed by atoms with Gasteiger partial charge in [-0.25, -0.2) is 4.99 Å². The summed E-state index contributed by atoms with van der Waals surface area (Å²) in [7, 11) is 0. The van der Waals surface area contributed by atoms with Gasteiger partial charge in [-0.1, -0.05) is 38.1 Å². The summed E-state index contributed by atoms with van der Waals surface area (Å²) in [5.74, 6) is 0.438. The Hall–Kier alpha value is -1.85. The van der Waals surface area contributed by atoms with Gasteiger partial charge in [0, 0.05) is 11.4 Å². The molecule has 1 amide bonds. The first-order valence-electron chi connectivity index (χ1n) is 7.52. The van der Waals surface area contributed by atoms with Gasteiger partial charge in [0.2, 0.25) is 0 Å². The Morgan fingerprint density at radius 1 is 1.17 bits per heavy atom. The lowest BCUT2D eigenvalue weighted by Gasteiger charge is -2.17. The number of hydrogen-bond donors (Lipinski definition) is 0. The summed E-state index contributed by atoms with van der Waals surface area (Å²) in [6, 6.07) is 13.8. The first-order valence-corrected chi connectivity index (χ1v) is 9.22. The Bertz CT molecular complexity index is 734. The summed E-state index contributed by atoms with van der Waals surface area (Å²) < 4.78 is 0. The van der Waals surface area contributed by atoms with Crippen molar-refractivity contribution in [2.75, 3.05) is 6.54 Å². The zero-order valence-corrected chi connectivity index (χ0v) is 14.7. The second-order valence-corrected chi connectivity index (χ2v) is 7.65. The summed E-state index contributed by atoms with van der Waals surface area (Å²) >= 11 is 3.09. The fourth-order valence-electron chi connectivity index (χ4n) is 2.23. The van der Waals surface area contributed by atoms with Crippen LogP contribution in [-0.2, 0) is 4.79 Å². The minimum absolute atomic E-state index is 0.0479. The zero-order chi connectivity index (χ0) is 16.2. The molecular weight excluding hydrogens is 324 g/mol. The number of carbonyl (C=O) groups is 1. The standard InChI is InChI=1S/C18H18N2OS2/c1-13(2)12-20-17(21)16(11-15-9-6-10-22-15)23-18(20)19-14-7-4-3-5-8-14/h3-11,13H,12H2,1-2H3/b16-11-,19-18?. The summed E-state index contributed by atoms with van der Waals surface area (Å²) in [6.45, 7) is 4.90. The number of carbonyl (C=O) groups excluding carboxylic acids is 1. The van der Waals surface area contributed by atoms with Crippen LogP contribution in [0, 0.1) is 5.92 Å². The van der Waals surface area contributed by atoms with Crippen molar-refractivity contribution in [3.05, 3.63) is 57.6 Å². The molecule has 0 spiro atoms. The first-order chi connectivity index (χ1) is 11.1. The average Bonchev–Trinajstić information content (AvgIpc) is 3.13. The Labute approximate surface area is 144 Å². The predicted octanol–water partition coefficient (Wildman–Crippen LogP) is 5.01. The topological polar surface area (TPSA) is 32.7 Å². The molecule has 118 valence electrons. The molecule has 1 fully saturated rings. The molecule has 2 heterocycles. The van der Waals surface area contributed by atoms with Crippen LogP contribution in [0.3, 0.4) is 0 Å². The molecule has 3 nitrogen and oxygen atoms in total. The summed E-state index contributed by atoms with van der Waals surface area (Å²) in [5, 5.41) is 2.78. The molecule has 23 heavy (non-hydrogen) atoms. The number of aliphatic imine (C=N–C) groups is 1. The van der Waals surface area contributed by atoms with E-state index in [-0.39, 0.29) is 5.91 Å². The smallest absolute Gasteiger partial charge is 0.266 e. The van der Waals surface area contributed by atoms with Gasteiger partial charge in [0.1, 0.15) is 0 Å². The molecule has 0 saturated carbocycles. The van der Waals surface area contributed by atoms with Crippen LogP contribution in [0.15, 0.2) is 57.7 Å². The molecule has 1 aliphatic heterocycles. The lowest BCUT2D eigenvalue weighted by Crippen LogP contribution is -2.32. The second kappa shape index (κ2) is 7.15. The Morgan fingerprint density at radius 2 is 1.96 bits per heavy atom.